The Balaban J connectivity index is 2.32. The Kier molecular flexibility index (Phi) is 2.02. The molecule has 52 valence electrons. The normalized spacial score (nSPS) is 27.7. The van der Waals surface area contributed by atoms with Gasteiger partial charge in [-0.1, -0.05) is 0 Å². The number of carbonyl (C=O) groups is 1. The van der Waals surface area contributed by atoms with Crippen LogP contribution < -0.4 is 5.73 Å². The average molecular weight is 131 g/mol. The monoisotopic (exact) mass is 131 g/mol. The maximum absolute atomic E-state index is 10.4. The van der Waals surface area contributed by atoms with Gasteiger partial charge in [-0.2, -0.15) is 0 Å². The Bertz CT molecular complexity index is 115. The Hall–Kier alpha value is -0.610. The van der Waals surface area contributed by atoms with Gasteiger partial charge >= 0.3 is 5.97 Å². The smallest absolute Gasteiger partial charge is 0.332 e. The molecule has 4 nitrogen and oxygen atoms in total. The second-order valence-electron chi connectivity index (χ2n) is 1.86. The van der Waals surface area contributed by atoms with Crippen LogP contribution in [0, 0.1) is 0 Å². The van der Waals surface area contributed by atoms with Crippen LogP contribution in [-0.2, 0) is 14.3 Å². The van der Waals surface area contributed by atoms with Gasteiger partial charge in [-0.3, -0.25) is 0 Å². The van der Waals surface area contributed by atoms with Crippen LogP contribution >= 0.6 is 0 Å². The predicted octanol–water partition coefficient (Wildman–Crippen LogP) is -1.11. The number of rotatable bonds is 1. The molecule has 1 aliphatic heterocycles. The van der Waals surface area contributed by atoms with Gasteiger partial charge in [0.1, 0.15) is 12.7 Å². The Morgan fingerprint density at radius 1 is 1.78 bits per heavy atom. The zero-order valence-corrected chi connectivity index (χ0v) is 5.00. The molecule has 0 aromatic heterocycles. The van der Waals surface area contributed by atoms with Crippen LogP contribution in [0.15, 0.2) is 0 Å². The molecule has 1 heterocycles. The molecule has 1 saturated heterocycles. The minimum atomic E-state index is -0.322. The van der Waals surface area contributed by atoms with E-state index < -0.39 is 0 Å². The van der Waals surface area contributed by atoms with Gasteiger partial charge in [0.15, 0.2) is 0 Å². The fraction of sp³-hybridized carbons (Fsp3) is 0.800. The molecule has 0 spiro atoms. The molecule has 0 radical (unpaired) electrons. The average Bonchev–Trinajstić information content (AvgIpc) is 1.88. The minimum Gasteiger partial charge on any atom is -0.457 e. The van der Waals surface area contributed by atoms with Crippen LogP contribution in [0.2, 0.25) is 0 Å². The van der Waals surface area contributed by atoms with E-state index in [0.29, 0.717) is 13.2 Å². The maximum Gasteiger partial charge on any atom is 0.332 e. The van der Waals surface area contributed by atoms with Gasteiger partial charge in [0.05, 0.1) is 6.61 Å². The molecule has 0 saturated carbocycles. The highest BCUT2D eigenvalue weighted by Gasteiger charge is 2.18. The second kappa shape index (κ2) is 2.80. The lowest BCUT2D eigenvalue weighted by Crippen LogP contribution is -2.37. The molecule has 4 heteroatoms. The summed E-state index contributed by atoms with van der Waals surface area (Å²) >= 11 is 0. The van der Waals surface area contributed by atoms with Crippen molar-refractivity contribution in [2.45, 2.75) is 6.10 Å². The highest BCUT2D eigenvalue weighted by Crippen LogP contribution is 1.98. The molecular formula is C5H9NO3. The van der Waals surface area contributed by atoms with Gasteiger partial charge in [0.2, 0.25) is 0 Å². The van der Waals surface area contributed by atoms with Crippen molar-refractivity contribution in [2.75, 3.05) is 19.8 Å². The molecule has 0 amide bonds. The zero-order chi connectivity index (χ0) is 6.69. The van der Waals surface area contributed by atoms with E-state index in [2.05, 4.69) is 0 Å². The van der Waals surface area contributed by atoms with Gasteiger partial charge in [-0.05, 0) is 0 Å². The fourth-order valence-electron chi connectivity index (χ4n) is 0.644. The lowest BCUT2D eigenvalue weighted by Gasteiger charge is -2.20. The molecule has 0 aromatic carbocycles. The predicted molar refractivity (Wildman–Crippen MR) is 29.8 cm³/mol. The molecule has 1 unspecified atom stereocenters. The van der Waals surface area contributed by atoms with E-state index in [9.17, 15) is 4.79 Å². The van der Waals surface area contributed by atoms with Crippen LogP contribution in [0.4, 0.5) is 0 Å². The number of nitrogens with two attached hydrogens (primary N) is 1. The zero-order valence-electron chi connectivity index (χ0n) is 5.00. The summed E-state index contributed by atoms with van der Waals surface area (Å²) in [5, 5.41) is 0. The second-order valence-corrected chi connectivity index (χ2v) is 1.86. The van der Waals surface area contributed by atoms with Crippen LogP contribution in [-0.4, -0.2) is 31.8 Å². The summed E-state index contributed by atoms with van der Waals surface area (Å²) in [6.45, 7) is 0.838. The molecule has 0 bridgehead atoms. The Morgan fingerprint density at radius 3 is 3.00 bits per heavy atom. The van der Waals surface area contributed by atoms with Gasteiger partial charge in [-0.15, -0.1) is 0 Å². The first kappa shape index (κ1) is 6.51. The first-order valence-electron chi connectivity index (χ1n) is 2.80. The summed E-state index contributed by atoms with van der Waals surface area (Å²) in [6.07, 6.45) is -0.230. The topological polar surface area (TPSA) is 61.5 Å². The summed E-state index contributed by atoms with van der Waals surface area (Å²) in [6, 6.07) is 0. The van der Waals surface area contributed by atoms with Crippen molar-refractivity contribution >= 4 is 5.97 Å². The lowest BCUT2D eigenvalue weighted by molar-refractivity contribution is -0.168. The Labute approximate surface area is 52.9 Å². The lowest BCUT2D eigenvalue weighted by atomic mass is 10.3. The molecule has 1 aliphatic rings. The number of carbonyl (C=O) groups excluding carboxylic acids is 1. The third-order valence-corrected chi connectivity index (χ3v) is 1.08. The first-order valence-corrected chi connectivity index (χ1v) is 2.80. The molecule has 1 rings (SSSR count). The highest BCUT2D eigenvalue weighted by atomic mass is 16.6. The van der Waals surface area contributed by atoms with Crippen LogP contribution in [0.3, 0.4) is 0 Å². The number of hydrogen-bond donors (Lipinski definition) is 1. The van der Waals surface area contributed by atoms with E-state index in [0.717, 1.165) is 0 Å². The summed E-state index contributed by atoms with van der Waals surface area (Å²) in [5.41, 5.74) is 5.21. The van der Waals surface area contributed by atoms with E-state index >= 15 is 0 Å². The highest BCUT2D eigenvalue weighted by molar-refractivity contribution is 5.71. The molecule has 2 N–H and O–H groups in total. The van der Waals surface area contributed by atoms with Gasteiger partial charge in [0.25, 0.3) is 0 Å². The third-order valence-electron chi connectivity index (χ3n) is 1.08. The molecular weight excluding hydrogens is 122 g/mol. The summed E-state index contributed by atoms with van der Waals surface area (Å²) < 4.78 is 9.58. The number of cyclic esters (lactones) is 1. The number of hydrogen-bond acceptors (Lipinski definition) is 4. The van der Waals surface area contributed by atoms with E-state index in [1.165, 1.54) is 0 Å². The first-order chi connectivity index (χ1) is 4.33. The number of ether oxygens (including phenoxy) is 2. The van der Waals surface area contributed by atoms with Crippen molar-refractivity contribution < 1.29 is 14.3 Å². The van der Waals surface area contributed by atoms with Crippen LogP contribution in [0.5, 0.6) is 0 Å². The van der Waals surface area contributed by atoms with Crippen molar-refractivity contribution in [3.05, 3.63) is 0 Å². The van der Waals surface area contributed by atoms with Crippen molar-refractivity contribution in [3.63, 3.8) is 0 Å². The molecule has 1 fully saturated rings. The van der Waals surface area contributed by atoms with Gasteiger partial charge < -0.3 is 15.2 Å². The molecule has 0 aromatic rings. The molecule has 0 aliphatic carbocycles. The van der Waals surface area contributed by atoms with Gasteiger partial charge in [0, 0.05) is 6.54 Å². The van der Waals surface area contributed by atoms with Gasteiger partial charge in [-0.25, -0.2) is 4.79 Å². The fourth-order valence-corrected chi connectivity index (χ4v) is 0.644. The molecule has 9 heavy (non-hydrogen) atoms. The third kappa shape index (κ3) is 1.65. The largest absolute Gasteiger partial charge is 0.457 e. The number of esters is 1. The SMILES string of the molecule is NCC1COCC(=O)O1. The molecule has 1 atom stereocenters. The Morgan fingerprint density at radius 2 is 2.56 bits per heavy atom. The van der Waals surface area contributed by atoms with E-state index in [-0.39, 0.29) is 18.7 Å². The van der Waals surface area contributed by atoms with Crippen molar-refractivity contribution in [1.29, 1.82) is 0 Å². The van der Waals surface area contributed by atoms with E-state index in [1.807, 2.05) is 0 Å². The quantitative estimate of drug-likeness (QED) is 0.458. The van der Waals surface area contributed by atoms with Crippen molar-refractivity contribution in [3.8, 4) is 0 Å². The standard InChI is InChI=1S/C5H9NO3/c6-1-4-2-8-3-5(7)9-4/h4H,1-3,6H2. The van der Waals surface area contributed by atoms with E-state index in [4.69, 9.17) is 15.2 Å². The van der Waals surface area contributed by atoms with E-state index in [1.54, 1.807) is 0 Å². The summed E-state index contributed by atoms with van der Waals surface area (Å²) in [4.78, 5) is 10.4. The summed E-state index contributed by atoms with van der Waals surface area (Å²) in [7, 11) is 0. The van der Waals surface area contributed by atoms with Crippen molar-refractivity contribution in [1.82, 2.24) is 0 Å². The summed E-state index contributed by atoms with van der Waals surface area (Å²) in [5.74, 6) is -0.322. The maximum atomic E-state index is 10.4. The minimum absolute atomic E-state index is 0.0660. The van der Waals surface area contributed by atoms with Crippen LogP contribution in [0.25, 0.3) is 0 Å². The van der Waals surface area contributed by atoms with Crippen LogP contribution in [0.1, 0.15) is 0 Å². The van der Waals surface area contributed by atoms with Crippen molar-refractivity contribution in [2.24, 2.45) is 5.73 Å².